The van der Waals surface area contributed by atoms with Gasteiger partial charge in [0.25, 0.3) is 0 Å². The number of thioether (sulfide) groups is 2. The monoisotopic (exact) mass is 910 g/mol. The van der Waals surface area contributed by atoms with Crippen LogP contribution in [0.5, 0.6) is 34.5 Å². The predicted octanol–water partition coefficient (Wildman–Crippen LogP) is 4.16. The van der Waals surface area contributed by atoms with Crippen molar-refractivity contribution in [3.05, 3.63) is 96.7 Å². The standard InChI is InChI=1S/C20H20N2O4S.C20H19N2O3S.2BrH/c1-24-16-5-3-15(4-6-16)22(20-21-8-11-27-20)13-17(23)14-2-7-18-19(12-14)26-10-9-25-18;1-23-16-5-3-15(4-6-16)22-13-17(21-8-11-26-20(21)22)14-2-7-18-19(12-14)25-10-9-24-18;;/h2-7,12H,8-11,13H2,1H3;2-7,12-13H,8-11H2,1H3;2*1H/q;+1;;/p-1. The highest BCUT2D eigenvalue weighted by Gasteiger charge is 2.31. The topological polar surface area (TPSA) is 96.9 Å². The largest absolute Gasteiger partial charge is 1.00 e. The zero-order valence-electron chi connectivity index (χ0n) is 30.3. The summed E-state index contributed by atoms with van der Waals surface area (Å²) in [4.78, 5) is 19.5. The van der Waals surface area contributed by atoms with E-state index in [1.165, 1.54) is 10.9 Å². The Hall–Kier alpha value is -4.31. The average Bonchev–Trinajstić information content (AvgIpc) is 4.00. The molecular weight excluding hydrogens is 872 g/mol. The van der Waals surface area contributed by atoms with Gasteiger partial charge in [-0.15, -0.1) is 17.0 Å². The summed E-state index contributed by atoms with van der Waals surface area (Å²) in [6.45, 7) is 4.22. The molecule has 0 amide bonds. The fourth-order valence-corrected chi connectivity index (χ4v) is 8.38. The Labute approximate surface area is 349 Å². The molecular formula is C40H40Br2N4O7S2. The maximum absolute atomic E-state index is 13.0. The van der Waals surface area contributed by atoms with Crippen LogP contribution in [0.2, 0.25) is 0 Å². The van der Waals surface area contributed by atoms with E-state index in [4.69, 9.17) is 28.4 Å². The smallest absolute Gasteiger partial charge is 0.323 e. The number of rotatable bonds is 8. The number of methoxy groups -OCH3 is 2. The minimum Gasteiger partial charge on any atom is -1.00 e. The fourth-order valence-electron chi connectivity index (χ4n) is 6.40. The first kappa shape index (κ1) is 40.4. The predicted molar refractivity (Wildman–Crippen MR) is 217 cm³/mol. The Balaban J connectivity index is 0.000000181. The number of nitrogens with zero attached hydrogens (tertiary/aromatic N) is 4. The van der Waals surface area contributed by atoms with Gasteiger partial charge in [0.15, 0.2) is 39.6 Å². The molecule has 4 aromatic carbocycles. The minimum atomic E-state index is -0.00186. The number of benzene rings is 4. The molecule has 0 atom stereocenters. The number of aromatic nitrogens is 2. The summed E-state index contributed by atoms with van der Waals surface area (Å²) < 4.78 is 37.7. The van der Waals surface area contributed by atoms with Gasteiger partial charge < -0.3 is 50.3 Å². The molecule has 0 fully saturated rings. The third-order valence-corrected chi connectivity index (χ3v) is 11.1. The molecule has 55 heavy (non-hydrogen) atoms. The zero-order chi connectivity index (χ0) is 36.1. The van der Waals surface area contributed by atoms with E-state index in [0.29, 0.717) is 43.5 Å². The average molecular weight is 913 g/mol. The van der Waals surface area contributed by atoms with Gasteiger partial charge in [-0.2, -0.15) is 4.57 Å². The first-order valence-electron chi connectivity index (χ1n) is 17.4. The Bertz CT molecular complexity index is 2150. The van der Waals surface area contributed by atoms with Gasteiger partial charge in [0.2, 0.25) is 0 Å². The lowest BCUT2D eigenvalue weighted by molar-refractivity contribution is -0.713. The van der Waals surface area contributed by atoms with E-state index < -0.39 is 0 Å². The lowest BCUT2D eigenvalue weighted by atomic mass is 10.1. The third kappa shape index (κ3) is 8.90. The zero-order valence-corrected chi connectivity index (χ0v) is 35.2. The molecule has 0 saturated carbocycles. The van der Waals surface area contributed by atoms with Crippen molar-refractivity contribution >= 4 is 57.1 Å². The van der Waals surface area contributed by atoms with Crippen LogP contribution in [0.25, 0.3) is 16.9 Å². The second kappa shape index (κ2) is 18.5. The van der Waals surface area contributed by atoms with Crippen molar-refractivity contribution in [2.75, 3.05) is 70.1 Å². The van der Waals surface area contributed by atoms with E-state index in [-0.39, 0.29) is 46.3 Å². The molecule has 4 aliphatic rings. The second-order valence-electron chi connectivity index (χ2n) is 12.3. The molecule has 0 N–H and O–H groups in total. The number of anilines is 1. The summed E-state index contributed by atoms with van der Waals surface area (Å²) in [5.74, 6) is 6.61. The maximum atomic E-state index is 13.0. The number of carbonyl (C=O) groups excluding carboxylic acids is 1. The van der Waals surface area contributed by atoms with Crippen LogP contribution in [-0.2, 0) is 6.54 Å². The van der Waals surface area contributed by atoms with E-state index in [9.17, 15) is 4.79 Å². The SMILES string of the molecule is Br.COc1ccc(-n2cc(-c3ccc4c(c3)OCCO4)[n+]3c2SCC3)cc1.COc1ccc(N(CC(=O)c2ccc3c(c2)OCCO3)C2=NCCS2)cc1.[Br-]. The van der Waals surface area contributed by atoms with E-state index in [0.717, 1.165) is 69.7 Å². The number of ketones is 1. The van der Waals surface area contributed by atoms with E-state index in [1.54, 1.807) is 44.2 Å². The van der Waals surface area contributed by atoms with Gasteiger partial charge in [-0.3, -0.25) is 9.79 Å². The summed E-state index contributed by atoms with van der Waals surface area (Å²) in [6, 6.07) is 27.4. The molecule has 0 radical (unpaired) electrons. The van der Waals surface area contributed by atoms with Crippen molar-refractivity contribution in [2.24, 2.45) is 4.99 Å². The van der Waals surface area contributed by atoms with Gasteiger partial charge in [-0.05, 0) is 96.7 Å². The highest BCUT2D eigenvalue weighted by atomic mass is 79.9. The van der Waals surface area contributed by atoms with Gasteiger partial charge in [0.05, 0.1) is 27.3 Å². The summed E-state index contributed by atoms with van der Waals surface area (Å²) >= 11 is 3.55. The quantitative estimate of drug-likeness (QED) is 0.167. The van der Waals surface area contributed by atoms with Crippen LogP contribution >= 0.6 is 40.5 Å². The first-order valence-corrected chi connectivity index (χ1v) is 19.4. The van der Waals surface area contributed by atoms with Crippen LogP contribution < -0.4 is 54.9 Å². The van der Waals surface area contributed by atoms with Crippen molar-refractivity contribution < 1.29 is 54.8 Å². The summed E-state index contributed by atoms with van der Waals surface area (Å²) in [5.41, 5.74) is 4.98. The number of fused-ring (bicyclic) bond motifs is 3. The van der Waals surface area contributed by atoms with Gasteiger partial charge in [-0.1, -0.05) is 11.8 Å². The molecule has 4 aliphatic heterocycles. The molecule has 0 bridgehead atoms. The van der Waals surface area contributed by atoms with Crippen molar-refractivity contribution in [3.8, 4) is 51.4 Å². The van der Waals surface area contributed by atoms with Crippen molar-refractivity contribution in [2.45, 2.75) is 11.7 Å². The van der Waals surface area contributed by atoms with Crippen LogP contribution in [0.1, 0.15) is 10.4 Å². The fraction of sp³-hybridized carbons (Fsp3) is 0.275. The summed E-state index contributed by atoms with van der Waals surface area (Å²) in [7, 11) is 3.32. The number of ether oxygens (including phenoxy) is 6. The van der Waals surface area contributed by atoms with Crippen LogP contribution in [0.15, 0.2) is 101 Å². The molecule has 1 aromatic heterocycles. The van der Waals surface area contributed by atoms with Crippen molar-refractivity contribution in [1.82, 2.24) is 4.57 Å². The molecule has 0 unspecified atom stereocenters. The lowest BCUT2D eigenvalue weighted by Gasteiger charge is -2.24. The Morgan fingerprint density at radius 2 is 1.40 bits per heavy atom. The Kier molecular flexibility index (Phi) is 13.6. The first-order chi connectivity index (χ1) is 26.1. The number of amidine groups is 1. The number of halogens is 2. The minimum absolute atomic E-state index is 0. The number of Topliss-reactive ketones (excluding diaryl/α,β-unsaturated/α-hetero) is 1. The number of hydrogen-bond donors (Lipinski definition) is 0. The Morgan fingerprint density at radius 3 is 2.04 bits per heavy atom. The number of carbonyl (C=O) groups is 1. The molecule has 288 valence electrons. The molecule has 11 nitrogen and oxygen atoms in total. The summed E-state index contributed by atoms with van der Waals surface area (Å²) in [6.07, 6.45) is 2.20. The normalized spacial score (nSPS) is 14.5. The van der Waals surface area contributed by atoms with Crippen LogP contribution in [0.4, 0.5) is 5.69 Å². The number of imidazole rings is 1. The Morgan fingerprint density at radius 1 is 0.782 bits per heavy atom. The number of aliphatic imine (C=N–C) groups is 1. The molecule has 0 saturated heterocycles. The number of hydrogen-bond acceptors (Lipinski definition) is 11. The highest BCUT2D eigenvalue weighted by Crippen LogP contribution is 2.36. The van der Waals surface area contributed by atoms with E-state index in [2.05, 4.69) is 44.6 Å². The molecule has 0 spiro atoms. The van der Waals surface area contributed by atoms with E-state index >= 15 is 0 Å². The van der Waals surface area contributed by atoms with Crippen molar-refractivity contribution in [3.63, 3.8) is 0 Å². The maximum Gasteiger partial charge on any atom is 0.323 e. The molecule has 15 heteroatoms. The van der Waals surface area contributed by atoms with E-state index in [1.807, 2.05) is 59.1 Å². The molecule has 5 aromatic rings. The molecule has 5 heterocycles. The van der Waals surface area contributed by atoms with Gasteiger partial charge in [-0.25, -0.2) is 4.57 Å². The van der Waals surface area contributed by atoms with Crippen LogP contribution in [0, 0.1) is 0 Å². The third-order valence-electron chi connectivity index (χ3n) is 9.06. The van der Waals surface area contributed by atoms with Crippen LogP contribution in [0.3, 0.4) is 0 Å². The van der Waals surface area contributed by atoms with Gasteiger partial charge in [0.1, 0.15) is 56.4 Å². The van der Waals surface area contributed by atoms with Gasteiger partial charge in [0, 0.05) is 28.3 Å². The molecule has 0 aliphatic carbocycles. The second-order valence-corrected chi connectivity index (χ2v) is 14.4. The lowest BCUT2D eigenvalue weighted by Crippen LogP contribution is -3.00. The van der Waals surface area contributed by atoms with Gasteiger partial charge >= 0.3 is 5.16 Å². The highest BCUT2D eigenvalue weighted by molar-refractivity contribution is 8.93. The van der Waals surface area contributed by atoms with Crippen molar-refractivity contribution in [1.29, 1.82) is 0 Å². The summed E-state index contributed by atoms with van der Waals surface area (Å²) in [5, 5.41) is 2.12. The molecule has 9 rings (SSSR count). The van der Waals surface area contributed by atoms with Crippen LogP contribution in [-0.4, -0.2) is 80.8 Å².